The van der Waals surface area contributed by atoms with Crippen LogP contribution in [0.4, 0.5) is 0 Å². The van der Waals surface area contributed by atoms with Crippen LogP contribution in [-0.2, 0) is 21.9 Å². The molecule has 0 aromatic carbocycles. The molecule has 1 radical (unpaired) electrons. The summed E-state index contributed by atoms with van der Waals surface area (Å²) in [7, 11) is 0. The first-order chi connectivity index (χ1) is 2.41. The van der Waals surface area contributed by atoms with Gasteiger partial charge in [0.1, 0.15) is 0 Å². The van der Waals surface area contributed by atoms with Gasteiger partial charge in [-0.2, -0.15) is 0 Å². The summed E-state index contributed by atoms with van der Waals surface area (Å²) in [5.41, 5.74) is 0. The van der Waals surface area contributed by atoms with Gasteiger partial charge in [0.15, 0.2) is 0 Å². The Morgan fingerprint density at radius 2 is 1.50 bits per heavy atom. The molecule has 0 atom stereocenters. The molecule has 0 saturated carbocycles. The van der Waals surface area contributed by atoms with Crippen molar-refractivity contribution >= 4 is 6.47 Å². The fraction of sp³-hybridized carbons (Fsp3) is 0. The standard InChI is InChI=1S/C2H4.CH2O2.Mn/c1-2;2-1-3;/h1-2H2;1H,(H,2,3);. The molecule has 0 rings (SSSR count). The zero-order valence-electron chi connectivity index (χ0n) is 3.22. The molecule has 6 heavy (non-hydrogen) atoms. The molecule has 37 valence electrons. The van der Waals surface area contributed by atoms with Crippen molar-refractivity contribution in [3.63, 3.8) is 0 Å². The Balaban J connectivity index is -0.0000000275. The van der Waals surface area contributed by atoms with Crippen molar-refractivity contribution in [2.24, 2.45) is 0 Å². The van der Waals surface area contributed by atoms with E-state index in [2.05, 4.69) is 13.2 Å². The molecular weight excluding hydrogens is 123 g/mol. The van der Waals surface area contributed by atoms with Gasteiger partial charge in [0.25, 0.3) is 6.47 Å². The van der Waals surface area contributed by atoms with Crippen LogP contribution in [0.1, 0.15) is 0 Å². The van der Waals surface area contributed by atoms with Crippen LogP contribution < -0.4 is 0 Å². The quantitative estimate of drug-likeness (QED) is 0.293. The van der Waals surface area contributed by atoms with Crippen LogP contribution in [0.15, 0.2) is 13.2 Å². The van der Waals surface area contributed by atoms with Crippen LogP contribution >= 0.6 is 0 Å². The molecule has 0 bridgehead atoms. The fourth-order valence-electron chi connectivity index (χ4n) is 0. The smallest absolute Gasteiger partial charge is 0.290 e. The van der Waals surface area contributed by atoms with Crippen molar-refractivity contribution in [1.82, 2.24) is 0 Å². The third kappa shape index (κ3) is 380. The maximum atomic E-state index is 8.36. The van der Waals surface area contributed by atoms with E-state index in [1.165, 1.54) is 0 Å². The minimum absolute atomic E-state index is 0. The molecule has 0 aliphatic carbocycles. The Morgan fingerprint density at radius 1 is 1.50 bits per heavy atom. The monoisotopic (exact) mass is 129 g/mol. The van der Waals surface area contributed by atoms with Gasteiger partial charge >= 0.3 is 0 Å². The second-order valence-corrected chi connectivity index (χ2v) is 0.105. The minimum Gasteiger partial charge on any atom is -0.483 e. The first-order valence-corrected chi connectivity index (χ1v) is 0.994. The molecule has 0 heterocycles. The predicted molar refractivity (Wildman–Crippen MR) is 19.9 cm³/mol. The van der Waals surface area contributed by atoms with Crippen molar-refractivity contribution in [3.8, 4) is 0 Å². The third-order valence-corrected chi connectivity index (χ3v) is 0. The normalized spacial score (nSPS) is 2.67. The van der Waals surface area contributed by atoms with E-state index in [4.69, 9.17) is 9.90 Å². The van der Waals surface area contributed by atoms with Crippen LogP contribution in [0.2, 0.25) is 0 Å². The van der Waals surface area contributed by atoms with E-state index in [0.29, 0.717) is 0 Å². The summed E-state index contributed by atoms with van der Waals surface area (Å²) in [5.74, 6) is 0. The van der Waals surface area contributed by atoms with Crippen LogP contribution in [0.25, 0.3) is 0 Å². The molecule has 2 nitrogen and oxygen atoms in total. The van der Waals surface area contributed by atoms with Gasteiger partial charge in [-0.3, -0.25) is 4.79 Å². The van der Waals surface area contributed by atoms with Gasteiger partial charge in [0.2, 0.25) is 0 Å². The van der Waals surface area contributed by atoms with Gasteiger partial charge in [-0.1, -0.05) is 0 Å². The summed E-state index contributed by atoms with van der Waals surface area (Å²) in [6.07, 6.45) is 0. The fourth-order valence-corrected chi connectivity index (χ4v) is 0. The molecule has 0 amide bonds. The number of hydrogen-bond acceptors (Lipinski definition) is 1. The molecule has 0 spiro atoms. The Hall–Kier alpha value is -0.271. The number of hydrogen-bond donors (Lipinski definition) is 1. The molecule has 3 heteroatoms. The summed E-state index contributed by atoms with van der Waals surface area (Å²) >= 11 is 0. The predicted octanol–water partition coefficient (Wildman–Crippen LogP) is 0.500. The summed E-state index contributed by atoms with van der Waals surface area (Å²) in [5, 5.41) is 6.89. The van der Waals surface area contributed by atoms with Crippen molar-refractivity contribution < 1.29 is 27.0 Å². The first kappa shape index (κ1) is 17.2. The molecule has 0 unspecified atom stereocenters. The molecule has 0 fully saturated rings. The molecular formula is C3H6MnO2. The second-order valence-electron chi connectivity index (χ2n) is 0.105. The van der Waals surface area contributed by atoms with Gasteiger partial charge in [0, 0.05) is 17.1 Å². The average molecular weight is 129 g/mol. The van der Waals surface area contributed by atoms with Crippen molar-refractivity contribution in [1.29, 1.82) is 0 Å². The topological polar surface area (TPSA) is 37.3 Å². The van der Waals surface area contributed by atoms with E-state index in [9.17, 15) is 0 Å². The van der Waals surface area contributed by atoms with E-state index in [0.717, 1.165) is 0 Å². The van der Waals surface area contributed by atoms with E-state index in [1.54, 1.807) is 0 Å². The third-order valence-electron chi connectivity index (χ3n) is 0. The Labute approximate surface area is 47.3 Å². The van der Waals surface area contributed by atoms with Gasteiger partial charge in [-0.15, -0.1) is 13.2 Å². The van der Waals surface area contributed by atoms with E-state index in [1.807, 2.05) is 0 Å². The minimum atomic E-state index is -0.250. The molecule has 0 saturated heterocycles. The largest absolute Gasteiger partial charge is 0.483 e. The zero-order chi connectivity index (χ0) is 4.71. The molecule has 0 aromatic heterocycles. The Morgan fingerprint density at radius 3 is 1.50 bits per heavy atom. The number of carboxylic acid groups (broad SMARTS) is 1. The van der Waals surface area contributed by atoms with Gasteiger partial charge < -0.3 is 5.11 Å². The van der Waals surface area contributed by atoms with E-state index >= 15 is 0 Å². The maximum absolute atomic E-state index is 8.36. The average Bonchev–Trinajstić information content (AvgIpc) is 1.46. The Bertz CT molecular complexity index is 22.8. The zero-order valence-corrected chi connectivity index (χ0v) is 4.41. The van der Waals surface area contributed by atoms with Crippen molar-refractivity contribution in [3.05, 3.63) is 13.2 Å². The molecule has 0 aliphatic rings. The molecule has 0 aromatic rings. The summed E-state index contributed by atoms with van der Waals surface area (Å²) < 4.78 is 0. The number of carbonyl (C=O) groups is 1. The van der Waals surface area contributed by atoms with Gasteiger partial charge in [-0.25, -0.2) is 0 Å². The Kier molecular flexibility index (Phi) is 354. The van der Waals surface area contributed by atoms with Crippen LogP contribution in [0.3, 0.4) is 0 Å². The summed E-state index contributed by atoms with van der Waals surface area (Å²) in [4.78, 5) is 8.36. The van der Waals surface area contributed by atoms with Crippen LogP contribution in [-0.4, -0.2) is 11.6 Å². The van der Waals surface area contributed by atoms with Crippen molar-refractivity contribution in [2.45, 2.75) is 0 Å². The van der Waals surface area contributed by atoms with E-state index < -0.39 is 0 Å². The first-order valence-electron chi connectivity index (χ1n) is 0.994. The van der Waals surface area contributed by atoms with Crippen LogP contribution in [0, 0.1) is 0 Å². The van der Waals surface area contributed by atoms with Gasteiger partial charge in [0.05, 0.1) is 0 Å². The maximum Gasteiger partial charge on any atom is 0.290 e. The molecule has 0 aliphatic heterocycles. The molecule has 1 N–H and O–H groups in total. The van der Waals surface area contributed by atoms with E-state index in [-0.39, 0.29) is 23.5 Å². The van der Waals surface area contributed by atoms with Crippen LogP contribution in [0.5, 0.6) is 0 Å². The van der Waals surface area contributed by atoms with Gasteiger partial charge in [-0.05, 0) is 0 Å². The SMILES string of the molecule is C=C.O=CO.[Mn]. The van der Waals surface area contributed by atoms with Crippen molar-refractivity contribution in [2.75, 3.05) is 0 Å². The second kappa shape index (κ2) is 124. The summed E-state index contributed by atoms with van der Waals surface area (Å²) in [6.45, 7) is 5.75. The summed E-state index contributed by atoms with van der Waals surface area (Å²) in [6, 6.07) is 0. The number of rotatable bonds is 0.